The second-order valence-corrected chi connectivity index (χ2v) is 4.32. The van der Waals surface area contributed by atoms with Crippen LogP contribution in [-0.2, 0) is 0 Å². The summed E-state index contributed by atoms with van der Waals surface area (Å²) < 4.78 is 0. The van der Waals surface area contributed by atoms with Crippen LogP contribution in [0.1, 0.15) is 24.5 Å². The average molecular weight is 206 g/mol. The summed E-state index contributed by atoms with van der Waals surface area (Å²) in [4.78, 5) is 0. The summed E-state index contributed by atoms with van der Waals surface area (Å²) >= 11 is 0. The van der Waals surface area contributed by atoms with E-state index in [9.17, 15) is 0 Å². The van der Waals surface area contributed by atoms with E-state index >= 15 is 0 Å². The molecule has 0 aromatic heterocycles. The lowest BCUT2D eigenvalue weighted by atomic mass is 10.1. The molecule has 1 rings (SSSR count). The van der Waals surface area contributed by atoms with Gasteiger partial charge in [-0.2, -0.15) is 0 Å². The minimum Gasteiger partial charge on any atom is -0.385 e. The standard InChI is InChI=1S/C13H22N2/c1-10(9-14)7-8-15-13-11(2)5-4-6-12(13)3/h4-6,10,15H,7-9,14H2,1-3H3. The van der Waals surface area contributed by atoms with Crippen molar-refractivity contribution in [1.29, 1.82) is 0 Å². The van der Waals surface area contributed by atoms with Crippen LogP contribution < -0.4 is 11.1 Å². The summed E-state index contributed by atoms with van der Waals surface area (Å²) in [5.41, 5.74) is 9.49. The monoisotopic (exact) mass is 206 g/mol. The first-order valence-corrected chi connectivity index (χ1v) is 5.65. The fourth-order valence-electron chi connectivity index (χ4n) is 1.65. The van der Waals surface area contributed by atoms with Crippen molar-refractivity contribution in [3.05, 3.63) is 29.3 Å². The Bertz CT molecular complexity index is 287. The maximum absolute atomic E-state index is 5.58. The molecule has 0 radical (unpaired) electrons. The summed E-state index contributed by atoms with van der Waals surface area (Å²) in [6.45, 7) is 8.24. The predicted molar refractivity (Wildman–Crippen MR) is 67.2 cm³/mol. The molecule has 1 atom stereocenters. The van der Waals surface area contributed by atoms with E-state index in [0.29, 0.717) is 5.92 Å². The Labute approximate surface area is 92.9 Å². The van der Waals surface area contributed by atoms with Crippen molar-refractivity contribution < 1.29 is 0 Å². The first-order chi connectivity index (χ1) is 7.15. The zero-order valence-corrected chi connectivity index (χ0v) is 10.0. The Hall–Kier alpha value is -1.02. The fourth-order valence-corrected chi connectivity index (χ4v) is 1.65. The van der Waals surface area contributed by atoms with Crippen LogP contribution in [0.2, 0.25) is 0 Å². The molecule has 0 heterocycles. The predicted octanol–water partition coefficient (Wildman–Crippen LogP) is 2.70. The normalized spacial score (nSPS) is 12.5. The van der Waals surface area contributed by atoms with Gasteiger partial charge in [0.05, 0.1) is 0 Å². The van der Waals surface area contributed by atoms with Crippen molar-refractivity contribution in [2.75, 3.05) is 18.4 Å². The van der Waals surface area contributed by atoms with Crippen molar-refractivity contribution in [2.24, 2.45) is 11.7 Å². The summed E-state index contributed by atoms with van der Waals surface area (Å²) in [6.07, 6.45) is 1.13. The van der Waals surface area contributed by atoms with Crippen LogP contribution in [0.5, 0.6) is 0 Å². The number of hydrogen-bond acceptors (Lipinski definition) is 2. The van der Waals surface area contributed by atoms with Gasteiger partial charge in [-0.15, -0.1) is 0 Å². The molecule has 0 spiro atoms. The van der Waals surface area contributed by atoms with Crippen LogP contribution >= 0.6 is 0 Å². The van der Waals surface area contributed by atoms with Crippen molar-refractivity contribution in [3.8, 4) is 0 Å². The molecule has 0 aliphatic rings. The lowest BCUT2D eigenvalue weighted by Gasteiger charge is -2.14. The third kappa shape index (κ3) is 3.56. The number of nitrogens with one attached hydrogen (secondary N) is 1. The first-order valence-electron chi connectivity index (χ1n) is 5.65. The highest BCUT2D eigenvalue weighted by Gasteiger charge is 2.02. The van der Waals surface area contributed by atoms with Gasteiger partial charge in [0.25, 0.3) is 0 Å². The summed E-state index contributed by atoms with van der Waals surface area (Å²) in [5.74, 6) is 0.599. The molecule has 0 bridgehead atoms. The molecule has 1 aromatic carbocycles. The van der Waals surface area contributed by atoms with Crippen LogP contribution in [0.3, 0.4) is 0 Å². The summed E-state index contributed by atoms with van der Waals surface area (Å²) in [7, 11) is 0. The summed E-state index contributed by atoms with van der Waals surface area (Å²) in [5, 5.41) is 3.49. The molecular formula is C13H22N2. The van der Waals surface area contributed by atoms with E-state index in [1.807, 2.05) is 0 Å². The summed E-state index contributed by atoms with van der Waals surface area (Å²) in [6, 6.07) is 6.38. The van der Waals surface area contributed by atoms with E-state index < -0.39 is 0 Å². The van der Waals surface area contributed by atoms with Gasteiger partial charge in [-0.05, 0) is 43.9 Å². The molecule has 3 N–H and O–H groups in total. The van der Waals surface area contributed by atoms with Crippen LogP contribution in [0.15, 0.2) is 18.2 Å². The van der Waals surface area contributed by atoms with E-state index in [2.05, 4.69) is 44.3 Å². The number of benzene rings is 1. The maximum atomic E-state index is 5.58. The smallest absolute Gasteiger partial charge is 0.0399 e. The Morgan fingerprint density at radius 2 is 1.87 bits per heavy atom. The van der Waals surface area contributed by atoms with Crippen LogP contribution in [0.4, 0.5) is 5.69 Å². The van der Waals surface area contributed by atoms with Gasteiger partial charge in [0, 0.05) is 12.2 Å². The Morgan fingerprint density at radius 1 is 1.27 bits per heavy atom. The van der Waals surface area contributed by atoms with E-state index in [4.69, 9.17) is 5.73 Å². The van der Waals surface area contributed by atoms with Gasteiger partial charge in [0.2, 0.25) is 0 Å². The molecule has 0 fully saturated rings. The Kier molecular flexibility index (Phi) is 4.63. The molecule has 0 amide bonds. The number of anilines is 1. The van der Waals surface area contributed by atoms with Gasteiger partial charge in [-0.1, -0.05) is 25.1 Å². The second-order valence-electron chi connectivity index (χ2n) is 4.32. The largest absolute Gasteiger partial charge is 0.385 e. The Morgan fingerprint density at radius 3 is 2.40 bits per heavy atom. The lowest BCUT2D eigenvalue weighted by molar-refractivity contribution is 0.561. The van der Waals surface area contributed by atoms with E-state index in [0.717, 1.165) is 19.5 Å². The molecule has 1 unspecified atom stereocenters. The number of hydrogen-bond donors (Lipinski definition) is 2. The van der Waals surface area contributed by atoms with E-state index in [-0.39, 0.29) is 0 Å². The zero-order chi connectivity index (χ0) is 11.3. The average Bonchev–Trinajstić information content (AvgIpc) is 2.22. The Balaban J connectivity index is 2.50. The highest BCUT2D eigenvalue weighted by atomic mass is 14.9. The molecule has 0 saturated carbocycles. The third-order valence-electron chi connectivity index (χ3n) is 2.82. The molecule has 2 heteroatoms. The molecule has 15 heavy (non-hydrogen) atoms. The molecule has 1 aromatic rings. The molecular weight excluding hydrogens is 184 g/mol. The second kappa shape index (κ2) is 5.76. The van der Waals surface area contributed by atoms with Gasteiger partial charge in [-0.25, -0.2) is 0 Å². The molecule has 0 saturated heterocycles. The van der Waals surface area contributed by atoms with Crippen LogP contribution in [-0.4, -0.2) is 13.1 Å². The number of para-hydroxylation sites is 1. The fraction of sp³-hybridized carbons (Fsp3) is 0.538. The van der Waals surface area contributed by atoms with Gasteiger partial charge < -0.3 is 11.1 Å². The van der Waals surface area contributed by atoms with Crippen LogP contribution in [0.25, 0.3) is 0 Å². The molecule has 84 valence electrons. The highest BCUT2D eigenvalue weighted by Crippen LogP contribution is 2.19. The minimum atomic E-state index is 0.599. The van der Waals surface area contributed by atoms with Crippen molar-refractivity contribution in [3.63, 3.8) is 0 Å². The van der Waals surface area contributed by atoms with E-state index in [1.165, 1.54) is 16.8 Å². The molecule has 2 nitrogen and oxygen atoms in total. The maximum Gasteiger partial charge on any atom is 0.0399 e. The quantitative estimate of drug-likeness (QED) is 0.777. The van der Waals surface area contributed by atoms with Gasteiger partial charge in [0.15, 0.2) is 0 Å². The highest BCUT2D eigenvalue weighted by molar-refractivity contribution is 5.56. The molecule has 0 aliphatic carbocycles. The number of rotatable bonds is 5. The topological polar surface area (TPSA) is 38.0 Å². The van der Waals surface area contributed by atoms with Gasteiger partial charge in [0.1, 0.15) is 0 Å². The number of nitrogens with two attached hydrogens (primary N) is 1. The zero-order valence-electron chi connectivity index (χ0n) is 10.0. The number of aryl methyl sites for hydroxylation is 2. The van der Waals surface area contributed by atoms with Gasteiger partial charge in [-0.3, -0.25) is 0 Å². The third-order valence-corrected chi connectivity index (χ3v) is 2.82. The van der Waals surface area contributed by atoms with Crippen LogP contribution in [0, 0.1) is 19.8 Å². The molecule has 0 aliphatic heterocycles. The van der Waals surface area contributed by atoms with Gasteiger partial charge >= 0.3 is 0 Å². The minimum absolute atomic E-state index is 0.599. The van der Waals surface area contributed by atoms with Crippen molar-refractivity contribution in [2.45, 2.75) is 27.2 Å². The lowest BCUT2D eigenvalue weighted by Crippen LogP contribution is -2.15. The first kappa shape index (κ1) is 12.1. The van der Waals surface area contributed by atoms with Crippen molar-refractivity contribution in [1.82, 2.24) is 0 Å². The van der Waals surface area contributed by atoms with Crippen molar-refractivity contribution >= 4 is 5.69 Å². The SMILES string of the molecule is Cc1cccc(C)c1NCCC(C)CN. The van der Waals surface area contributed by atoms with E-state index in [1.54, 1.807) is 0 Å².